The predicted octanol–water partition coefficient (Wildman–Crippen LogP) is 1.53. The molecular formula is C13H21N3O2. The Morgan fingerprint density at radius 3 is 2.56 bits per heavy atom. The largest absolute Gasteiger partial charge is 0.473 e. The Bertz CT molecular complexity index is 359. The van der Waals surface area contributed by atoms with E-state index < -0.39 is 0 Å². The first-order chi connectivity index (χ1) is 8.67. The van der Waals surface area contributed by atoms with E-state index in [1.165, 1.54) is 0 Å². The van der Waals surface area contributed by atoms with Gasteiger partial charge in [-0.05, 0) is 27.0 Å². The normalized spacial score (nSPS) is 28.1. The highest BCUT2D eigenvalue weighted by atomic mass is 16.5. The van der Waals surface area contributed by atoms with Crippen LogP contribution in [-0.4, -0.2) is 35.6 Å². The van der Waals surface area contributed by atoms with Crippen molar-refractivity contribution >= 4 is 0 Å². The molecule has 0 bridgehead atoms. The van der Waals surface area contributed by atoms with E-state index in [-0.39, 0.29) is 18.3 Å². The molecule has 1 aromatic rings. The second-order valence-corrected chi connectivity index (χ2v) is 4.86. The summed E-state index contributed by atoms with van der Waals surface area (Å²) in [5.41, 5.74) is 0.915. The van der Waals surface area contributed by atoms with Crippen LogP contribution in [0.15, 0.2) is 12.1 Å². The van der Waals surface area contributed by atoms with Crippen LogP contribution in [0.5, 0.6) is 5.88 Å². The van der Waals surface area contributed by atoms with Crippen molar-refractivity contribution in [1.29, 1.82) is 0 Å². The first kappa shape index (κ1) is 13.2. The van der Waals surface area contributed by atoms with E-state index in [2.05, 4.69) is 29.4 Å². The molecule has 0 spiro atoms. The first-order valence-electron chi connectivity index (χ1n) is 6.46. The fraction of sp³-hybridized carbons (Fsp3) is 0.692. The molecule has 2 rings (SSSR count). The summed E-state index contributed by atoms with van der Waals surface area (Å²) in [5.74, 6) is 0.598. The highest BCUT2D eigenvalue weighted by molar-refractivity contribution is 5.11. The molecule has 2 atom stereocenters. The zero-order chi connectivity index (χ0) is 13.0. The molecule has 2 heterocycles. The molecule has 0 saturated carbocycles. The van der Waals surface area contributed by atoms with Crippen molar-refractivity contribution in [2.75, 3.05) is 7.05 Å². The lowest BCUT2D eigenvalue weighted by molar-refractivity contribution is -0.0731. The standard InChI is InChI=1S/C13H21N3O2/c1-9-6-12(7-10(2)17-9)18-13-5-4-11(8-14-3)15-16-13/h4-5,9-10,12,14H,6-8H2,1-3H3. The number of rotatable bonds is 4. The smallest absolute Gasteiger partial charge is 0.233 e. The van der Waals surface area contributed by atoms with E-state index in [0.29, 0.717) is 5.88 Å². The molecule has 5 heteroatoms. The van der Waals surface area contributed by atoms with E-state index in [1.807, 2.05) is 19.2 Å². The summed E-state index contributed by atoms with van der Waals surface area (Å²) in [4.78, 5) is 0. The van der Waals surface area contributed by atoms with E-state index in [1.54, 1.807) is 0 Å². The fourth-order valence-electron chi connectivity index (χ4n) is 2.30. The number of aromatic nitrogens is 2. The lowest BCUT2D eigenvalue weighted by Crippen LogP contribution is -2.35. The van der Waals surface area contributed by atoms with Crippen molar-refractivity contribution in [2.24, 2.45) is 0 Å². The summed E-state index contributed by atoms with van der Waals surface area (Å²) in [6, 6.07) is 3.81. The highest BCUT2D eigenvalue weighted by Crippen LogP contribution is 2.22. The maximum atomic E-state index is 5.86. The van der Waals surface area contributed by atoms with Crippen molar-refractivity contribution in [3.8, 4) is 5.88 Å². The molecule has 0 aliphatic carbocycles. The Balaban J connectivity index is 1.92. The van der Waals surface area contributed by atoms with Gasteiger partial charge in [0, 0.05) is 25.5 Å². The molecule has 0 amide bonds. The summed E-state index contributed by atoms with van der Waals surface area (Å²) >= 11 is 0. The van der Waals surface area contributed by atoms with Crippen LogP contribution in [0.1, 0.15) is 32.4 Å². The Kier molecular flexibility index (Phi) is 4.49. The van der Waals surface area contributed by atoms with Gasteiger partial charge in [0.25, 0.3) is 0 Å². The number of hydrogen-bond donors (Lipinski definition) is 1. The lowest BCUT2D eigenvalue weighted by Gasteiger charge is -2.31. The Morgan fingerprint density at radius 2 is 2.00 bits per heavy atom. The molecule has 1 aromatic heterocycles. The van der Waals surface area contributed by atoms with Gasteiger partial charge in [0.1, 0.15) is 6.10 Å². The first-order valence-corrected chi connectivity index (χ1v) is 6.46. The molecule has 1 N–H and O–H groups in total. The third kappa shape index (κ3) is 3.65. The average molecular weight is 251 g/mol. The van der Waals surface area contributed by atoms with Crippen LogP contribution >= 0.6 is 0 Å². The van der Waals surface area contributed by atoms with E-state index in [9.17, 15) is 0 Å². The molecule has 1 saturated heterocycles. The molecule has 0 aromatic carbocycles. The minimum atomic E-state index is 0.174. The summed E-state index contributed by atoms with van der Waals surface area (Å²) < 4.78 is 11.5. The van der Waals surface area contributed by atoms with Gasteiger partial charge < -0.3 is 14.8 Å². The maximum Gasteiger partial charge on any atom is 0.233 e. The number of nitrogens with zero attached hydrogens (tertiary/aromatic N) is 2. The van der Waals surface area contributed by atoms with Gasteiger partial charge in [-0.3, -0.25) is 0 Å². The van der Waals surface area contributed by atoms with Crippen LogP contribution in [0.25, 0.3) is 0 Å². The van der Waals surface area contributed by atoms with Crippen LogP contribution in [0.3, 0.4) is 0 Å². The topological polar surface area (TPSA) is 56.3 Å². The number of hydrogen-bond acceptors (Lipinski definition) is 5. The summed E-state index contributed by atoms with van der Waals surface area (Å²) in [6.07, 6.45) is 2.48. The maximum absolute atomic E-state index is 5.86. The van der Waals surface area contributed by atoms with E-state index >= 15 is 0 Å². The molecule has 0 radical (unpaired) electrons. The van der Waals surface area contributed by atoms with Crippen LogP contribution in [0.4, 0.5) is 0 Å². The van der Waals surface area contributed by atoms with Gasteiger partial charge in [-0.2, -0.15) is 5.10 Å². The average Bonchev–Trinajstić information content (AvgIpc) is 2.31. The molecule has 1 aliphatic heterocycles. The Labute approximate surface area is 108 Å². The van der Waals surface area contributed by atoms with Crippen molar-refractivity contribution < 1.29 is 9.47 Å². The zero-order valence-corrected chi connectivity index (χ0v) is 11.2. The van der Waals surface area contributed by atoms with Gasteiger partial charge in [0.15, 0.2) is 0 Å². The van der Waals surface area contributed by atoms with Gasteiger partial charge in [-0.15, -0.1) is 5.10 Å². The Hall–Kier alpha value is -1.20. The minimum absolute atomic E-state index is 0.174. The second-order valence-electron chi connectivity index (χ2n) is 4.86. The van der Waals surface area contributed by atoms with Gasteiger partial charge in [-0.25, -0.2) is 0 Å². The van der Waals surface area contributed by atoms with E-state index in [0.717, 1.165) is 25.1 Å². The third-order valence-corrected chi connectivity index (χ3v) is 2.99. The monoisotopic (exact) mass is 251 g/mol. The van der Waals surface area contributed by atoms with Crippen LogP contribution in [0.2, 0.25) is 0 Å². The van der Waals surface area contributed by atoms with Gasteiger partial charge in [0.2, 0.25) is 5.88 Å². The Morgan fingerprint density at radius 1 is 1.28 bits per heavy atom. The molecule has 5 nitrogen and oxygen atoms in total. The molecule has 1 aliphatic rings. The van der Waals surface area contributed by atoms with Crippen molar-refractivity contribution in [2.45, 2.75) is 51.5 Å². The number of nitrogens with one attached hydrogen (secondary N) is 1. The number of ether oxygens (including phenoxy) is 2. The fourth-order valence-corrected chi connectivity index (χ4v) is 2.30. The minimum Gasteiger partial charge on any atom is -0.473 e. The van der Waals surface area contributed by atoms with Crippen molar-refractivity contribution in [3.63, 3.8) is 0 Å². The van der Waals surface area contributed by atoms with Gasteiger partial charge >= 0.3 is 0 Å². The summed E-state index contributed by atoms with van der Waals surface area (Å²) in [7, 11) is 1.89. The summed E-state index contributed by atoms with van der Waals surface area (Å²) in [5, 5.41) is 11.2. The van der Waals surface area contributed by atoms with Gasteiger partial charge in [0.05, 0.1) is 17.9 Å². The zero-order valence-electron chi connectivity index (χ0n) is 11.2. The van der Waals surface area contributed by atoms with Crippen molar-refractivity contribution in [3.05, 3.63) is 17.8 Å². The molecule has 18 heavy (non-hydrogen) atoms. The molecule has 2 unspecified atom stereocenters. The molecule has 100 valence electrons. The molecule has 1 fully saturated rings. The van der Waals surface area contributed by atoms with E-state index in [4.69, 9.17) is 9.47 Å². The second kappa shape index (κ2) is 6.11. The van der Waals surface area contributed by atoms with Crippen LogP contribution < -0.4 is 10.1 Å². The SMILES string of the molecule is CNCc1ccc(OC2CC(C)OC(C)C2)nn1. The van der Waals surface area contributed by atoms with Crippen LogP contribution in [-0.2, 0) is 11.3 Å². The highest BCUT2D eigenvalue weighted by Gasteiger charge is 2.26. The quantitative estimate of drug-likeness (QED) is 0.879. The third-order valence-electron chi connectivity index (χ3n) is 2.99. The molecular weight excluding hydrogens is 230 g/mol. The van der Waals surface area contributed by atoms with Crippen molar-refractivity contribution in [1.82, 2.24) is 15.5 Å². The summed E-state index contributed by atoms with van der Waals surface area (Å²) in [6.45, 7) is 4.88. The lowest BCUT2D eigenvalue weighted by atomic mass is 10.0. The predicted molar refractivity (Wildman–Crippen MR) is 68.5 cm³/mol. The van der Waals surface area contributed by atoms with Gasteiger partial charge in [-0.1, -0.05) is 0 Å². The van der Waals surface area contributed by atoms with Crippen LogP contribution in [0, 0.1) is 0 Å².